The van der Waals surface area contributed by atoms with Gasteiger partial charge in [0.1, 0.15) is 15.7 Å². The van der Waals surface area contributed by atoms with Gasteiger partial charge >= 0.3 is 5.69 Å². The SMILES string of the molecule is Cn1c(=O)n(Cc2cc3cc(Br)ccc3n2CCCS(C)(=O)=O)c2cc(F)ccc21. The third-order valence-electron chi connectivity index (χ3n) is 5.27. The molecule has 2 heterocycles. The first-order valence-corrected chi connectivity index (χ1v) is 12.3. The molecule has 0 fully saturated rings. The van der Waals surface area contributed by atoms with Gasteiger partial charge in [-0.25, -0.2) is 17.6 Å². The van der Waals surface area contributed by atoms with E-state index >= 15 is 0 Å². The van der Waals surface area contributed by atoms with Crippen molar-refractivity contribution >= 4 is 47.7 Å². The minimum absolute atomic E-state index is 0.0854. The molecular weight excluding hydrogens is 473 g/mol. The molecule has 0 unspecified atom stereocenters. The van der Waals surface area contributed by atoms with Crippen molar-refractivity contribution in [3.63, 3.8) is 0 Å². The highest BCUT2D eigenvalue weighted by atomic mass is 79.9. The second kappa shape index (κ2) is 7.70. The predicted octanol–water partition coefficient (Wildman–Crippen LogP) is 3.68. The van der Waals surface area contributed by atoms with Crippen LogP contribution in [0.5, 0.6) is 0 Å². The Morgan fingerprint density at radius 3 is 2.47 bits per heavy atom. The maximum absolute atomic E-state index is 13.9. The summed E-state index contributed by atoms with van der Waals surface area (Å²) in [6.45, 7) is 0.756. The van der Waals surface area contributed by atoms with E-state index < -0.39 is 15.7 Å². The summed E-state index contributed by atoms with van der Waals surface area (Å²) in [5, 5.41) is 0.984. The normalized spacial score (nSPS) is 12.3. The van der Waals surface area contributed by atoms with E-state index in [2.05, 4.69) is 15.9 Å². The molecule has 0 saturated heterocycles. The fraction of sp³-hybridized carbons (Fsp3) is 0.286. The number of aromatic nitrogens is 3. The maximum Gasteiger partial charge on any atom is 0.329 e. The zero-order valence-electron chi connectivity index (χ0n) is 16.6. The zero-order chi connectivity index (χ0) is 21.6. The molecule has 0 aliphatic heterocycles. The number of fused-ring (bicyclic) bond motifs is 2. The van der Waals surface area contributed by atoms with E-state index in [-0.39, 0.29) is 18.0 Å². The predicted molar refractivity (Wildman–Crippen MR) is 120 cm³/mol. The van der Waals surface area contributed by atoms with Gasteiger partial charge in [0.05, 0.1) is 23.3 Å². The zero-order valence-corrected chi connectivity index (χ0v) is 19.0. The number of halogens is 2. The Bertz CT molecular complexity index is 1430. The van der Waals surface area contributed by atoms with Crippen LogP contribution in [0.25, 0.3) is 21.9 Å². The molecule has 0 atom stereocenters. The molecule has 158 valence electrons. The Kier molecular flexibility index (Phi) is 5.36. The monoisotopic (exact) mass is 493 g/mol. The highest BCUT2D eigenvalue weighted by Gasteiger charge is 2.16. The van der Waals surface area contributed by atoms with Crippen LogP contribution in [0.2, 0.25) is 0 Å². The second-order valence-electron chi connectivity index (χ2n) is 7.53. The van der Waals surface area contributed by atoms with E-state index in [9.17, 15) is 17.6 Å². The highest BCUT2D eigenvalue weighted by molar-refractivity contribution is 9.10. The molecule has 0 saturated carbocycles. The maximum atomic E-state index is 13.9. The minimum atomic E-state index is -3.07. The molecule has 6 nitrogen and oxygen atoms in total. The van der Waals surface area contributed by atoms with Gasteiger partial charge in [0, 0.05) is 40.9 Å². The fourth-order valence-electron chi connectivity index (χ4n) is 3.88. The molecule has 0 amide bonds. The van der Waals surface area contributed by atoms with Crippen molar-refractivity contribution in [3.05, 3.63) is 68.9 Å². The van der Waals surface area contributed by atoms with E-state index in [0.717, 1.165) is 21.1 Å². The van der Waals surface area contributed by atoms with Gasteiger partial charge in [0.25, 0.3) is 0 Å². The summed E-state index contributed by atoms with van der Waals surface area (Å²) in [6.07, 6.45) is 1.69. The van der Waals surface area contributed by atoms with Crippen LogP contribution in [0.1, 0.15) is 12.1 Å². The lowest BCUT2D eigenvalue weighted by Crippen LogP contribution is -2.23. The molecule has 30 heavy (non-hydrogen) atoms. The number of sulfone groups is 1. The van der Waals surface area contributed by atoms with Gasteiger partial charge in [0.15, 0.2) is 0 Å². The lowest BCUT2D eigenvalue weighted by atomic mass is 10.2. The molecular formula is C21H21BrFN3O3S. The van der Waals surface area contributed by atoms with Crippen molar-refractivity contribution in [3.8, 4) is 0 Å². The number of nitrogens with zero attached hydrogens (tertiary/aromatic N) is 3. The number of hydrogen-bond acceptors (Lipinski definition) is 3. The molecule has 2 aromatic heterocycles. The summed E-state index contributed by atoms with van der Waals surface area (Å²) in [7, 11) is -1.40. The van der Waals surface area contributed by atoms with Gasteiger partial charge in [-0.2, -0.15) is 0 Å². The first-order valence-electron chi connectivity index (χ1n) is 9.44. The lowest BCUT2D eigenvalue weighted by Gasteiger charge is -2.11. The van der Waals surface area contributed by atoms with Crippen molar-refractivity contribution < 1.29 is 12.8 Å². The van der Waals surface area contributed by atoms with Crippen LogP contribution in [0.15, 0.2) is 51.7 Å². The molecule has 2 aromatic carbocycles. The van der Waals surface area contributed by atoms with E-state index in [1.54, 1.807) is 17.7 Å². The molecule has 0 aliphatic rings. The topological polar surface area (TPSA) is 66.0 Å². The Hall–Kier alpha value is -2.39. The molecule has 0 aliphatic carbocycles. The van der Waals surface area contributed by atoms with Crippen LogP contribution in [-0.4, -0.2) is 34.1 Å². The average molecular weight is 494 g/mol. The second-order valence-corrected chi connectivity index (χ2v) is 10.7. The Labute approximate surface area is 181 Å². The Morgan fingerprint density at radius 2 is 1.73 bits per heavy atom. The summed E-state index contributed by atoms with van der Waals surface area (Å²) >= 11 is 3.48. The summed E-state index contributed by atoms with van der Waals surface area (Å²) in [4.78, 5) is 12.8. The number of aryl methyl sites for hydroxylation is 2. The molecule has 9 heteroatoms. The van der Waals surface area contributed by atoms with Crippen LogP contribution in [0, 0.1) is 5.82 Å². The largest absolute Gasteiger partial charge is 0.343 e. The summed E-state index contributed by atoms with van der Waals surface area (Å²) < 4.78 is 43.0. The van der Waals surface area contributed by atoms with Crippen molar-refractivity contribution in [2.45, 2.75) is 19.5 Å². The van der Waals surface area contributed by atoms with Crippen molar-refractivity contribution in [1.82, 2.24) is 13.7 Å². The van der Waals surface area contributed by atoms with Gasteiger partial charge in [-0.1, -0.05) is 15.9 Å². The van der Waals surface area contributed by atoms with Crippen molar-refractivity contribution in [1.29, 1.82) is 0 Å². The van der Waals surface area contributed by atoms with Crippen LogP contribution in [0.3, 0.4) is 0 Å². The number of imidazole rings is 1. The summed E-state index contributed by atoms with van der Waals surface area (Å²) in [5.74, 6) is -0.318. The Morgan fingerprint density at radius 1 is 1.00 bits per heavy atom. The number of benzene rings is 2. The highest BCUT2D eigenvalue weighted by Crippen LogP contribution is 2.26. The third kappa shape index (κ3) is 3.96. The molecule has 0 N–H and O–H groups in total. The number of hydrogen-bond donors (Lipinski definition) is 0. The van der Waals surface area contributed by atoms with Crippen LogP contribution in [0.4, 0.5) is 4.39 Å². The van der Waals surface area contributed by atoms with Gasteiger partial charge in [0.2, 0.25) is 0 Å². The standard InChI is InChI=1S/C21H21BrFN3O3S/c1-24-19-7-5-16(23)12-20(19)26(21(24)27)13-17-11-14-10-15(22)4-6-18(14)25(17)8-3-9-30(2,28)29/h4-7,10-12H,3,8-9,13H2,1-2H3. The Balaban J connectivity index is 1.82. The minimum Gasteiger partial charge on any atom is -0.343 e. The van der Waals surface area contributed by atoms with Gasteiger partial charge in [-0.3, -0.25) is 9.13 Å². The van der Waals surface area contributed by atoms with Gasteiger partial charge in [-0.15, -0.1) is 0 Å². The van der Waals surface area contributed by atoms with Gasteiger partial charge in [-0.05, 0) is 48.9 Å². The average Bonchev–Trinajstić information content (AvgIpc) is 3.10. The quantitative estimate of drug-likeness (QED) is 0.411. The number of rotatable bonds is 6. The van der Waals surface area contributed by atoms with E-state index in [4.69, 9.17) is 0 Å². The van der Waals surface area contributed by atoms with Crippen LogP contribution in [-0.2, 0) is 30.0 Å². The van der Waals surface area contributed by atoms with Crippen molar-refractivity contribution in [2.75, 3.05) is 12.0 Å². The first-order chi connectivity index (χ1) is 14.1. The molecule has 0 radical (unpaired) electrons. The first kappa shape index (κ1) is 20.9. The van der Waals surface area contributed by atoms with Gasteiger partial charge < -0.3 is 4.57 Å². The smallest absolute Gasteiger partial charge is 0.329 e. The lowest BCUT2D eigenvalue weighted by molar-refractivity contribution is 0.588. The van der Waals surface area contributed by atoms with E-state index in [0.29, 0.717) is 24.0 Å². The van der Waals surface area contributed by atoms with E-state index in [1.807, 2.05) is 28.8 Å². The summed E-state index contributed by atoms with van der Waals surface area (Å²) in [5.41, 5.74) is 2.77. The summed E-state index contributed by atoms with van der Waals surface area (Å²) in [6, 6.07) is 12.2. The fourth-order valence-corrected chi connectivity index (χ4v) is 4.91. The van der Waals surface area contributed by atoms with Crippen LogP contribution >= 0.6 is 15.9 Å². The van der Waals surface area contributed by atoms with Crippen molar-refractivity contribution in [2.24, 2.45) is 7.05 Å². The van der Waals surface area contributed by atoms with Crippen LogP contribution < -0.4 is 5.69 Å². The van der Waals surface area contributed by atoms with E-state index in [1.165, 1.54) is 23.0 Å². The molecule has 4 rings (SSSR count). The molecule has 4 aromatic rings. The molecule has 0 spiro atoms. The molecule has 0 bridgehead atoms. The third-order valence-corrected chi connectivity index (χ3v) is 6.80.